The van der Waals surface area contributed by atoms with Crippen molar-refractivity contribution in [2.75, 3.05) is 34.0 Å². The van der Waals surface area contributed by atoms with Gasteiger partial charge >= 0.3 is 0 Å². The van der Waals surface area contributed by atoms with Gasteiger partial charge in [-0.3, -0.25) is 4.79 Å². The van der Waals surface area contributed by atoms with Crippen LogP contribution in [0.3, 0.4) is 0 Å². The number of carbonyl (C=O) groups excluding carboxylic acids is 1. The average Bonchev–Trinajstić information content (AvgIpc) is 3.20. The topological polar surface area (TPSA) is 57.2 Å². The predicted octanol–water partition coefficient (Wildman–Crippen LogP) is 2.39. The Morgan fingerprint density at radius 3 is 2.44 bits per heavy atom. The van der Waals surface area contributed by atoms with E-state index in [1.54, 1.807) is 14.2 Å². The highest BCUT2D eigenvalue weighted by molar-refractivity contribution is 5.77. The number of carbonyl (C=O) groups is 1. The van der Waals surface area contributed by atoms with Crippen LogP contribution in [0.2, 0.25) is 0 Å². The molecular weight excluding hydrogens is 322 g/mol. The fourth-order valence-corrected chi connectivity index (χ4v) is 3.55. The molecule has 6 heteroatoms. The van der Waals surface area contributed by atoms with E-state index in [9.17, 15) is 4.79 Å². The fraction of sp³-hybridized carbons (Fsp3) is 0.632. The number of rotatable bonds is 6. The highest BCUT2D eigenvalue weighted by Gasteiger charge is 2.35. The molecule has 138 valence electrons. The highest BCUT2D eigenvalue weighted by Crippen LogP contribution is 2.26. The summed E-state index contributed by atoms with van der Waals surface area (Å²) in [6, 6.07) is 5.78. The van der Waals surface area contributed by atoms with Crippen LogP contribution in [0, 0.1) is 0 Å². The summed E-state index contributed by atoms with van der Waals surface area (Å²) in [4.78, 5) is 14.8. The molecular formula is C19H27NO5. The summed E-state index contributed by atoms with van der Waals surface area (Å²) in [5.41, 5.74) is 1.03. The monoisotopic (exact) mass is 349 g/mol. The van der Waals surface area contributed by atoms with Crippen molar-refractivity contribution < 1.29 is 23.7 Å². The van der Waals surface area contributed by atoms with Gasteiger partial charge in [-0.25, -0.2) is 0 Å². The second kappa shape index (κ2) is 8.54. The molecule has 1 aromatic carbocycles. The number of methoxy groups -OCH3 is 2. The third kappa shape index (κ3) is 4.44. The smallest absolute Gasteiger partial charge is 0.223 e. The third-order valence-electron chi connectivity index (χ3n) is 4.87. The number of piperidine rings is 1. The third-order valence-corrected chi connectivity index (χ3v) is 4.87. The van der Waals surface area contributed by atoms with Gasteiger partial charge in [-0.2, -0.15) is 0 Å². The molecule has 0 bridgehead atoms. The Balaban J connectivity index is 1.62. The highest BCUT2D eigenvalue weighted by atomic mass is 16.7. The van der Waals surface area contributed by atoms with Gasteiger partial charge in [0.15, 0.2) is 6.29 Å². The number of amides is 1. The average molecular weight is 349 g/mol. The molecule has 2 saturated heterocycles. The lowest BCUT2D eigenvalue weighted by Gasteiger charge is -2.38. The number of hydrogen-bond acceptors (Lipinski definition) is 5. The van der Waals surface area contributed by atoms with Crippen LogP contribution < -0.4 is 9.47 Å². The van der Waals surface area contributed by atoms with Gasteiger partial charge in [0.2, 0.25) is 5.91 Å². The first kappa shape index (κ1) is 18.0. The van der Waals surface area contributed by atoms with Gasteiger partial charge in [-0.15, -0.1) is 0 Å². The normalized spacial score (nSPS) is 21.4. The summed E-state index contributed by atoms with van der Waals surface area (Å²) in [5.74, 6) is 1.64. The van der Waals surface area contributed by atoms with E-state index in [1.165, 1.54) is 0 Å². The molecule has 3 rings (SSSR count). The summed E-state index contributed by atoms with van der Waals surface area (Å²) in [7, 11) is 3.26. The largest absolute Gasteiger partial charge is 0.497 e. The first-order valence-corrected chi connectivity index (χ1v) is 8.96. The van der Waals surface area contributed by atoms with Crippen molar-refractivity contribution in [2.24, 2.45) is 0 Å². The molecule has 0 aliphatic carbocycles. The van der Waals surface area contributed by atoms with E-state index in [-0.39, 0.29) is 18.2 Å². The Kier molecular flexibility index (Phi) is 6.15. The van der Waals surface area contributed by atoms with Crippen molar-refractivity contribution in [3.8, 4) is 11.5 Å². The lowest BCUT2D eigenvalue weighted by Crippen LogP contribution is -2.50. The van der Waals surface area contributed by atoms with Gasteiger partial charge in [0.1, 0.15) is 11.5 Å². The van der Waals surface area contributed by atoms with E-state index >= 15 is 0 Å². The molecule has 2 heterocycles. The quantitative estimate of drug-likeness (QED) is 0.789. The first-order chi connectivity index (χ1) is 12.2. The van der Waals surface area contributed by atoms with Gasteiger partial charge in [0.25, 0.3) is 0 Å². The van der Waals surface area contributed by atoms with Crippen LogP contribution in [0.15, 0.2) is 18.2 Å². The van der Waals surface area contributed by atoms with Crippen molar-refractivity contribution in [2.45, 2.75) is 44.4 Å². The Labute approximate surface area is 149 Å². The molecule has 1 atom stereocenters. The predicted molar refractivity (Wildman–Crippen MR) is 92.9 cm³/mol. The maximum atomic E-state index is 12.8. The Morgan fingerprint density at radius 2 is 1.80 bits per heavy atom. The van der Waals surface area contributed by atoms with Gasteiger partial charge < -0.3 is 23.8 Å². The van der Waals surface area contributed by atoms with Crippen LogP contribution in [-0.2, 0) is 20.7 Å². The van der Waals surface area contributed by atoms with Crippen LogP contribution >= 0.6 is 0 Å². The molecule has 0 unspecified atom stereocenters. The maximum Gasteiger partial charge on any atom is 0.223 e. The van der Waals surface area contributed by atoms with Gasteiger partial charge in [0.05, 0.1) is 33.5 Å². The molecule has 0 spiro atoms. The summed E-state index contributed by atoms with van der Waals surface area (Å²) in [6.45, 7) is 2.02. The van der Waals surface area contributed by atoms with Gasteiger partial charge in [0, 0.05) is 19.0 Å². The van der Waals surface area contributed by atoms with Crippen LogP contribution in [0.25, 0.3) is 0 Å². The van der Waals surface area contributed by atoms with Crippen molar-refractivity contribution >= 4 is 5.91 Å². The first-order valence-electron chi connectivity index (χ1n) is 8.96. The van der Waals surface area contributed by atoms with Crippen LogP contribution in [0.1, 0.15) is 31.2 Å². The van der Waals surface area contributed by atoms with Crippen molar-refractivity contribution in [3.63, 3.8) is 0 Å². The van der Waals surface area contributed by atoms with Crippen LogP contribution in [0.4, 0.5) is 0 Å². The molecule has 1 aromatic rings. The number of hydrogen-bond donors (Lipinski definition) is 0. The number of ether oxygens (including phenoxy) is 4. The number of nitrogens with zero attached hydrogens (tertiary/aromatic N) is 1. The molecule has 1 amide bonds. The standard InChI is InChI=1S/C19H27NO5/c1-22-15-11-14(12-16(13-15)23-2)6-7-18(21)20-8-4-3-5-17(20)19-24-9-10-25-19/h11-13,17,19H,3-10H2,1-2H3/t17-/m0/s1. The van der Waals surface area contributed by atoms with E-state index in [1.807, 2.05) is 23.1 Å². The van der Waals surface area contributed by atoms with E-state index in [0.29, 0.717) is 26.1 Å². The van der Waals surface area contributed by atoms with E-state index in [4.69, 9.17) is 18.9 Å². The number of likely N-dealkylation sites (tertiary alicyclic amines) is 1. The number of aryl methyl sites for hydroxylation is 1. The number of benzene rings is 1. The lowest BCUT2D eigenvalue weighted by atomic mass is 10.00. The fourth-order valence-electron chi connectivity index (χ4n) is 3.55. The minimum absolute atomic E-state index is 0.0450. The zero-order chi connectivity index (χ0) is 17.6. The Hall–Kier alpha value is -1.79. The molecule has 2 fully saturated rings. The summed E-state index contributed by atoms with van der Waals surface area (Å²) in [5, 5.41) is 0. The zero-order valence-corrected chi connectivity index (χ0v) is 15.0. The lowest BCUT2D eigenvalue weighted by molar-refractivity contribution is -0.150. The molecule has 2 aliphatic rings. The molecule has 6 nitrogen and oxygen atoms in total. The van der Waals surface area contributed by atoms with Gasteiger partial charge in [-0.05, 0) is 43.4 Å². The summed E-state index contributed by atoms with van der Waals surface area (Å²) >= 11 is 0. The molecule has 0 radical (unpaired) electrons. The van der Waals surface area contributed by atoms with E-state index in [2.05, 4.69) is 0 Å². The van der Waals surface area contributed by atoms with Crippen molar-refractivity contribution in [3.05, 3.63) is 23.8 Å². The van der Waals surface area contributed by atoms with Crippen LogP contribution in [0.5, 0.6) is 11.5 Å². The SMILES string of the molecule is COc1cc(CCC(=O)N2CCCC[C@H]2C2OCCO2)cc(OC)c1. The van der Waals surface area contributed by atoms with E-state index < -0.39 is 0 Å². The van der Waals surface area contributed by atoms with Crippen molar-refractivity contribution in [1.29, 1.82) is 0 Å². The second-order valence-corrected chi connectivity index (χ2v) is 6.48. The minimum atomic E-state index is -0.263. The zero-order valence-electron chi connectivity index (χ0n) is 15.0. The van der Waals surface area contributed by atoms with Gasteiger partial charge in [-0.1, -0.05) is 0 Å². The van der Waals surface area contributed by atoms with Crippen LogP contribution in [-0.4, -0.2) is 57.1 Å². The summed E-state index contributed by atoms with van der Waals surface area (Å²) in [6.07, 6.45) is 3.96. The molecule has 2 aliphatic heterocycles. The summed E-state index contributed by atoms with van der Waals surface area (Å²) < 4.78 is 21.9. The molecule has 25 heavy (non-hydrogen) atoms. The molecule has 0 aromatic heterocycles. The minimum Gasteiger partial charge on any atom is -0.497 e. The Bertz CT molecular complexity index is 563. The molecule has 0 saturated carbocycles. The Morgan fingerprint density at radius 1 is 1.12 bits per heavy atom. The van der Waals surface area contributed by atoms with Crippen molar-refractivity contribution in [1.82, 2.24) is 4.90 Å². The maximum absolute atomic E-state index is 12.8. The van der Waals surface area contributed by atoms with E-state index in [0.717, 1.165) is 42.9 Å². The molecule has 0 N–H and O–H groups in total. The second-order valence-electron chi connectivity index (χ2n) is 6.48.